The van der Waals surface area contributed by atoms with Crippen LogP contribution in [-0.4, -0.2) is 70.7 Å². The first-order valence-corrected chi connectivity index (χ1v) is 12.3. The highest BCUT2D eigenvalue weighted by molar-refractivity contribution is 9.10. The fraction of sp³-hybridized carbons (Fsp3) is 0.346. The number of aromatic nitrogens is 1. The molecule has 2 aromatic carbocycles. The average molecular weight is 541 g/mol. The number of hydrogen-bond donors (Lipinski definition) is 2. The molecule has 0 saturated carbocycles. The summed E-state index contributed by atoms with van der Waals surface area (Å²) in [6.07, 6.45) is 1.15. The number of hydrogen-bond acceptors (Lipinski definition) is 5. The summed E-state index contributed by atoms with van der Waals surface area (Å²) in [6.45, 7) is 4.26. The Balaban J connectivity index is 1.56. The van der Waals surface area contributed by atoms with Crippen molar-refractivity contribution in [1.29, 1.82) is 0 Å². The van der Waals surface area contributed by atoms with Crippen LogP contribution < -0.4 is 10.1 Å². The van der Waals surface area contributed by atoms with Gasteiger partial charge in [0.05, 0.1) is 24.9 Å². The van der Waals surface area contributed by atoms with Crippen LogP contribution in [0.1, 0.15) is 24.2 Å². The maximum Gasteiger partial charge on any atom is 0.321 e. The fourth-order valence-electron chi connectivity index (χ4n) is 4.19. The molecule has 0 bridgehead atoms. The third-order valence-corrected chi connectivity index (χ3v) is 6.75. The van der Waals surface area contributed by atoms with Gasteiger partial charge in [0.15, 0.2) is 0 Å². The van der Waals surface area contributed by atoms with E-state index in [1.807, 2.05) is 49.4 Å². The van der Waals surface area contributed by atoms with E-state index in [0.29, 0.717) is 16.6 Å². The number of halogens is 1. The van der Waals surface area contributed by atoms with Crippen molar-refractivity contribution in [3.63, 3.8) is 0 Å². The molecule has 0 aliphatic carbocycles. The second-order valence-corrected chi connectivity index (χ2v) is 9.88. The van der Waals surface area contributed by atoms with Crippen molar-refractivity contribution in [2.24, 2.45) is 5.92 Å². The van der Waals surface area contributed by atoms with E-state index in [0.717, 1.165) is 16.5 Å². The molecule has 0 saturated heterocycles. The summed E-state index contributed by atoms with van der Waals surface area (Å²) < 4.78 is 6.87. The minimum absolute atomic E-state index is 0.126. The third kappa shape index (κ3) is 5.41. The molecule has 184 valence electrons. The van der Waals surface area contributed by atoms with Crippen LogP contribution in [0, 0.1) is 5.92 Å². The van der Waals surface area contributed by atoms with E-state index in [4.69, 9.17) is 4.74 Å². The van der Waals surface area contributed by atoms with E-state index in [-0.39, 0.29) is 42.9 Å². The summed E-state index contributed by atoms with van der Waals surface area (Å²) in [5.74, 6) is -0.158. The lowest BCUT2D eigenvalue weighted by Crippen LogP contribution is -2.50. The topological polar surface area (TPSA) is 95.0 Å². The molecule has 1 aliphatic rings. The Morgan fingerprint density at radius 3 is 2.83 bits per heavy atom. The van der Waals surface area contributed by atoms with Crippen LogP contribution in [-0.2, 0) is 0 Å². The zero-order valence-corrected chi connectivity index (χ0v) is 21.5. The first-order valence-electron chi connectivity index (χ1n) is 11.5. The standard InChI is InChI=1S/C26H29BrN4O4/c1-16-13-31(17(2)15-32)25(33)21-11-19(27)12-28-24(21)35-23(16)14-30(3)26(34)29-22-10-6-8-18-7-4-5-9-20(18)22/h4-12,16-17,23,32H,13-15H2,1-3H3,(H,29,34)/t16-,17+,23-/m0/s1. The summed E-state index contributed by atoms with van der Waals surface area (Å²) in [6, 6.07) is 14.7. The Bertz CT molecular complexity index is 1230. The molecule has 0 unspecified atom stereocenters. The number of ether oxygens (including phenoxy) is 1. The number of pyridine rings is 1. The van der Waals surface area contributed by atoms with Gasteiger partial charge in [0.2, 0.25) is 5.88 Å². The maximum atomic E-state index is 13.2. The molecule has 0 spiro atoms. The first kappa shape index (κ1) is 24.9. The predicted octanol–water partition coefficient (Wildman–Crippen LogP) is 4.38. The third-order valence-electron chi connectivity index (χ3n) is 6.32. The van der Waals surface area contributed by atoms with Gasteiger partial charge >= 0.3 is 6.03 Å². The monoisotopic (exact) mass is 540 g/mol. The number of urea groups is 1. The SMILES string of the molecule is C[C@H](CO)N1C[C@H](C)[C@H](CN(C)C(=O)Nc2cccc3ccccc23)Oc2ncc(Br)cc2C1=O. The highest BCUT2D eigenvalue weighted by atomic mass is 79.9. The van der Waals surface area contributed by atoms with Crippen LogP contribution in [0.5, 0.6) is 5.88 Å². The van der Waals surface area contributed by atoms with Gasteiger partial charge in [-0.1, -0.05) is 43.3 Å². The van der Waals surface area contributed by atoms with Crippen molar-refractivity contribution in [2.75, 3.05) is 32.1 Å². The van der Waals surface area contributed by atoms with Crippen molar-refractivity contribution >= 4 is 44.3 Å². The number of amides is 3. The summed E-state index contributed by atoms with van der Waals surface area (Å²) in [7, 11) is 1.71. The lowest BCUT2D eigenvalue weighted by atomic mass is 10.0. The van der Waals surface area contributed by atoms with E-state index < -0.39 is 6.10 Å². The zero-order valence-electron chi connectivity index (χ0n) is 19.9. The normalized spacial score (nSPS) is 18.8. The minimum Gasteiger partial charge on any atom is -0.472 e. The first-order chi connectivity index (χ1) is 16.8. The lowest BCUT2D eigenvalue weighted by Gasteiger charge is -2.37. The average Bonchev–Trinajstić information content (AvgIpc) is 2.86. The minimum atomic E-state index is -0.424. The summed E-state index contributed by atoms with van der Waals surface area (Å²) >= 11 is 3.37. The van der Waals surface area contributed by atoms with Gasteiger partial charge < -0.3 is 25.0 Å². The lowest BCUT2D eigenvalue weighted by molar-refractivity contribution is 0.0356. The number of aliphatic hydroxyl groups is 1. The largest absolute Gasteiger partial charge is 0.472 e. The van der Waals surface area contributed by atoms with Crippen LogP contribution in [0.4, 0.5) is 10.5 Å². The van der Waals surface area contributed by atoms with Gasteiger partial charge in [-0.25, -0.2) is 9.78 Å². The Morgan fingerprint density at radius 1 is 1.31 bits per heavy atom. The van der Waals surface area contributed by atoms with Gasteiger partial charge in [-0.2, -0.15) is 0 Å². The smallest absolute Gasteiger partial charge is 0.321 e. The molecule has 8 nitrogen and oxygen atoms in total. The quantitative estimate of drug-likeness (QED) is 0.500. The van der Waals surface area contributed by atoms with Gasteiger partial charge in [-0.3, -0.25) is 4.79 Å². The molecule has 4 rings (SSSR count). The molecular formula is C26H29BrN4O4. The van der Waals surface area contributed by atoms with Crippen molar-refractivity contribution < 1.29 is 19.4 Å². The van der Waals surface area contributed by atoms with Crippen molar-refractivity contribution in [3.8, 4) is 5.88 Å². The van der Waals surface area contributed by atoms with Gasteiger partial charge in [0.25, 0.3) is 5.91 Å². The summed E-state index contributed by atoms with van der Waals surface area (Å²) in [4.78, 5) is 33.9. The van der Waals surface area contributed by atoms with Gasteiger partial charge in [-0.05, 0) is 40.4 Å². The zero-order chi connectivity index (χ0) is 25.1. The molecule has 3 aromatic rings. The molecule has 3 atom stereocenters. The van der Waals surface area contributed by atoms with Crippen molar-refractivity contribution in [2.45, 2.75) is 26.0 Å². The number of likely N-dealkylation sites (N-methyl/N-ethyl adjacent to an activating group) is 1. The van der Waals surface area contributed by atoms with E-state index in [2.05, 4.69) is 26.2 Å². The number of nitrogens with zero attached hydrogens (tertiary/aromatic N) is 3. The number of anilines is 1. The molecule has 2 heterocycles. The van der Waals surface area contributed by atoms with Gasteiger partial charge in [-0.15, -0.1) is 0 Å². The number of carbonyl (C=O) groups excluding carboxylic acids is 2. The second kappa shape index (κ2) is 10.6. The molecule has 0 radical (unpaired) electrons. The van der Waals surface area contributed by atoms with Crippen LogP contribution >= 0.6 is 15.9 Å². The van der Waals surface area contributed by atoms with Crippen molar-refractivity contribution in [3.05, 3.63) is 64.8 Å². The van der Waals surface area contributed by atoms with E-state index in [1.165, 1.54) is 0 Å². The Labute approximate surface area is 213 Å². The van der Waals surface area contributed by atoms with Crippen LogP contribution in [0.15, 0.2) is 59.2 Å². The number of rotatable bonds is 5. The molecule has 0 fully saturated rings. The number of fused-ring (bicyclic) bond motifs is 2. The molecule has 35 heavy (non-hydrogen) atoms. The van der Waals surface area contributed by atoms with Gasteiger partial charge in [0.1, 0.15) is 11.7 Å². The summed E-state index contributed by atoms with van der Waals surface area (Å²) in [5, 5.41) is 14.7. The number of carbonyl (C=O) groups is 2. The molecule has 1 aromatic heterocycles. The van der Waals surface area contributed by atoms with E-state index in [1.54, 1.807) is 36.0 Å². The van der Waals surface area contributed by atoms with Gasteiger partial charge in [0, 0.05) is 35.6 Å². The maximum absolute atomic E-state index is 13.2. The molecule has 1 aliphatic heterocycles. The number of nitrogens with one attached hydrogen (secondary N) is 1. The highest BCUT2D eigenvalue weighted by Crippen LogP contribution is 2.29. The second-order valence-electron chi connectivity index (χ2n) is 8.97. The van der Waals surface area contributed by atoms with Crippen LogP contribution in [0.3, 0.4) is 0 Å². The van der Waals surface area contributed by atoms with Crippen LogP contribution in [0.2, 0.25) is 0 Å². The highest BCUT2D eigenvalue weighted by Gasteiger charge is 2.34. The fourth-order valence-corrected chi connectivity index (χ4v) is 4.52. The van der Waals surface area contributed by atoms with Crippen molar-refractivity contribution in [1.82, 2.24) is 14.8 Å². The van der Waals surface area contributed by atoms with E-state index in [9.17, 15) is 14.7 Å². The predicted molar refractivity (Wildman–Crippen MR) is 139 cm³/mol. The van der Waals surface area contributed by atoms with Crippen LogP contribution in [0.25, 0.3) is 10.8 Å². The Morgan fingerprint density at radius 2 is 2.06 bits per heavy atom. The Hall–Kier alpha value is -3.17. The molecule has 9 heteroatoms. The molecule has 3 amide bonds. The Kier molecular flexibility index (Phi) is 7.57. The number of aliphatic hydroxyl groups excluding tert-OH is 1. The van der Waals surface area contributed by atoms with E-state index >= 15 is 0 Å². The number of benzene rings is 2. The summed E-state index contributed by atoms with van der Waals surface area (Å²) in [5.41, 5.74) is 1.05. The molecule has 2 N–H and O–H groups in total. The molecular weight excluding hydrogens is 512 g/mol.